The van der Waals surface area contributed by atoms with Crippen LogP contribution in [0.3, 0.4) is 0 Å². The van der Waals surface area contributed by atoms with Gasteiger partial charge in [0, 0.05) is 13.0 Å². The average Bonchev–Trinajstić information content (AvgIpc) is 3.24. The molecule has 0 aliphatic carbocycles. The number of alkyl halides is 6. The summed E-state index contributed by atoms with van der Waals surface area (Å²) in [6.07, 6.45) is -9.88. The number of hydrogen-bond donors (Lipinski definition) is 2. The third kappa shape index (κ3) is 7.21. The summed E-state index contributed by atoms with van der Waals surface area (Å²) in [5.74, 6) is -0.793. The van der Waals surface area contributed by atoms with E-state index in [1.54, 1.807) is 0 Å². The molecule has 0 saturated carbocycles. The van der Waals surface area contributed by atoms with Gasteiger partial charge in [0.05, 0.1) is 28.7 Å². The van der Waals surface area contributed by atoms with Crippen LogP contribution in [0.25, 0.3) is 11.0 Å². The van der Waals surface area contributed by atoms with Crippen molar-refractivity contribution in [3.63, 3.8) is 0 Å². The molecule has 0 atom stereocenters. The number of carbonyl (C=O) groups is 1. The van der Waals surface area contributed by atoms with Gasteiger partial charge in [0.1, 0.15) is 5.82 Å². The highest BCUT2D eigenvalue weighted by Crippen LogP contribution is 2.38. The quantitative estimate of drug-likeness (QED) is 0.197. The van der Waals surface area contributed by atoms with Gasteiger partial charge in [-0.05, 0) is 59.5 Å². The number of amides is 1. The number of rotatable bonds is 8. The molecule has 1 heterocycles. The van der Waals surface area contributed by atoms with Crippen LogP contribution in [0, 0.1) is 5.82 Å². The molecule has 41 heavy (non-hydrogen) atoms. The first-order valence-corrected chi connectivity index (χ1v) is 13.2. The largest absolute Gasteiger partial charge is 0.416 e. The van der Waals surface area contributed by atoms with E-state index < -0.39 is 56.7 Å². The molecule has 0 spiro atoms. The number of aromatic nitrogens is 2. The predicted octanol–water partition coefficient (Wildman–Crippen LogP) is 5.76. The van der Waals surface area contributed by atoms with Crippen LogP contribution >= 0.6 is 0 Å². The lowest BCUT2D eigenvalue weighted by Gasteiger charge is -2.17. The SMILES string of the molecule is O=C(CCc1ccc(F)cc1)NCc1ccc2nc(S(=O)(=O)O)n(Cc3ccc(C(F)(F)F)cc3C(F)(F)F)c2c1. The summed E-state index contributed by atoms with van der Waals surface area (Å²) in [5.41, 5.74) is -2.86. The van der Waals surface area contributed by atoms with E-state index in [0.29, 0.717) is 24.1 Å². The van der Waals surface area contributed by atoms with Gasteiger partial charge < -0.3 is 9.88 Å². The predicted molar refractivity (Wildman–Crippen MR) is 132 cm³/mol. The van der Waals surface area contributed by atoms with Crippen molar-refractivity contribution in [2.45, 2.75) is 43.4 Å². The maximum absolute atomic E-state index is 13.7. The Morgan fingerprint density at radius 3 is 2.17 bits per heavy atom. The number of hydrogen-bond acceptors (Lipinski definition) is 4. The number of benzene rings is 3. The molecule has 7 nitrogen and oxygen atoms in total. The molecule has 0 aliphatic rings. The lowest BCUT2D eigenvalue weighted by atomic mass is 10.0. The molecule has 1 aromatic heterocycles. The Morgan fingerprint density at radius 2 is 1.56 bits per heavy atom. The van der Waals surface area contributed by atoms with Crippen LogP contribution in [0.2, 0.25) is 0 Å². The highest BCUT2D eigenvalue weighted by molar-refractivity contribution is 7.85. The van der Waals surface area contributed by atoms with Crippen molar-refractivity contribution in [3.05, 3.63) is 94.3 Å². The fourth-order valence-electron chi connectivity index (χ4n) is 4.13. The van der Waals surface area contributed by atoms with Crippen LogP contribution in [-0.4, -0.2) is 28.4 Å². The van der Waals surface area contributed by atoms with Crippen LogP contribution in [-0.2, 0) is 46.8 Å². The van der Waals surface area contributed by atoms with Crippen molar-refractivity contribution < 1.29 is 48.5 Å². The van der Waals surface area contributed by atoms with Crippen LogP contribution in [0.15, 0.2) is 65.8 Å². The summed E-state index contributed by atoms with van der Waals surface area (Å²) in [7, 11) is -5.07. The zero-order valence-electron chi connectivity index (χ0n) is 20.7. The van der Waals surface area contributed by atoms with Gasteiger partial charge in [-0.1, -0.05) is 24.3 Å². The minimum Gasteiger partial charge on any atom is -0.352 e. The number of imidazole rings is 1. The molecule has 218 valence electrons. The molecule has 0 radical (unpaired) electrons. The van der Waals surface area contributed by atoms with Gasteiger partial charge in [0.2, 0.25) is 5.91 Å². The molecule has 0 saturated heterocycles. The van der Waals surface area contributed by atoms with E-state index in [2.05, 4.69) is 10.3 Å². The van der Waals surface area contributed by atoms with Crippen molar-refractivity contribution in [2.75, 3.05) is 0 Å². The minimum absolute atomic E-state index is 0.0375. The van der Waals surface area contributed by atoms with E-state index in [4.69, 9.17) is 0 Å². The van der Waals surface area contributed by atoms with E-state index in [-0.39, 0.29) is 36.0 Å². The summed E-state index contributed by atoms with van der Waals surface area (Å²) in [4.78, 5) is 16.1. The first-order chi connectivity index (χ1) is 19.0. The summed E-state index contributed by atoms with van der Waals surface area (Å²) >= 11 is 0. The molecule has 4 rings (SSSR count). The standard InChI is InChI=1S/C26H20F7N3O4S/c27-19-7-1-15(2-8-19)4-10-23(37)34-13-16-3-9-21-22(11-16)36(24(35-21)41(38,39)40)14-17-5-6-18(25(28,29)30)12-20(17)26(31,32)33/h1-3,5-9,11-12H,4,10,13-14H2,(H,34,37)(H,38,39,40). The lowest BCUT2D eigenvalue weighted by molar-refractivity contribution is -0.143. The van der Waals surface area contributed by atoms with E-state index in [1.807, 2.05) is 0 Å². The van der Waals surface area contributed by atoms with Crippen molar-refractivity contribution in [3.8, 4) is 0 Å². The zero-order chi connectivity index (χ0) is 30.2. The second-order valence-corrected chi connectivity index (χ2v) is 10.4. The Morgan fingerprint density at radius 1 is 0.902 bits per heavy atom. The smallest absolute Gasteiger partial charge is 0.352 e. The maximum atomic E-state index is 13.7. The summed E-state index contributed by atoms with van der Waals surface area (Å²) in [6, 6.07) is 10.6. The third-order valence-electron chi connectivity index (χ3n) is 6.12. The number of carbonyl (C=O) groups excluding carboxylic acids is 1. The Kier molecular flexibility index (Phi) is 8.14. The van der Waals surface area contributed by atoms with Gasteiger partial charge in [0.15, 0.2) is 0 Å². The number of aryl methyl sites for hydroxylation is 1. The monoisotopic (exact) mass is 603 g/mol. The summed E-state index contributed by atoms with van der Waals surface area (Å²) in [5, 5.41) is 1.62. The lowest BCUT2D eigenvalue weighted by Crippen LogP contribution is -2.23. The van der Waals surface area contributed by atoms with E-state index in [9.17, 15) is 48.5 Å². The van der Waals surface area contributed by atoms with Crippen LogP contribution in [0.5, 0.6) is 0 Å². The Hall–Kier alpha value is -3.98. The highest BCUT2D eigenvalue weighted by Gasteiger charge is 2.38. The fraction of sp³-hybridized carbons (Fsp3) is 0.231. The number of nitrogens with one attached hydrogen (secondary N) is 1. The first kappa shape index (κ1) is 30.0. The second-order valence-electron chi connectivity index (χ2n) is 9.05. The Balaban J connectivity index is 1.63. The van der Waals surface area contributed by atoms with Gasteiger partial charge in [0.25, 0.3) is 5.16 Å². The van der Waals surface area contributed by atoms with Gasteiger partial charge in [-0.2, -0.15) is 34.8 Å². The van der Waals surface area contributed by atoms with Crippen molar-refractivity contribution >= 4 is 27.1 Å². The molecular weight excluding hydrogens is 583 g/mol. The topological polar surface area (TPSA) is 101 Å². The maximum Gasteiger partial charge on any atom is 0.416 e. The molecule has 4 aromatic rings. The highest BCUT2D eigenvalue weighted by atomic mass is 32.2. The number of halogens is 7. The molecular formula is C26H20F7N3O4S. The van der Waals surface area contributed by atoms with Gasteiger partial charge in [-0.3, -0.25) is 9.35 Å². The van der Waals surface area contributed by atoms with Gasteiger partial charge in [-0.25, -0.2) is 9.37 Å². The fourth-order valence-corrected chi connectivity index (χ4v) is 4.78. The van der Waals surface area contributed by atoms with Crippen LogP contribution < -0.4 is 5.32 Å². The average molecular weight is 604 g/mol. The molecule has 2 N–H and O–H groups in total. The zero-order valence-corrected chi connectivity index (χ0v) is 21.5. The van der Waals surface area contributed by atoms with Gasteiger partial charge >= 0.3 is 22.5 Å². The van der Waals surface area contributed by atoms with Crippen molar-refractivity contribution in [1.29, 1.82) is 0 Å². The molecule has 0 unspecified atom stereocenters. The Labute approximate surface area is 228 Å². The van der Waals surface area contributed by atoms with E-state index in [1.165, 1.54) is 42.5 Å². The Bertz CT molecular complexity index is 1700. The molecule has 0 aliphatic heterocycles. The molecule has 3 aromatic carbocycles. The summed E-state index contributed by atoms with van der Waals surface area (Å²) in [6.45, 7) is -0.968. The third-order valence-corrected chi connectivity index (χ3v) is 6.90. The van der Waals surface area contributed by atoms with Crippen LogP contribution in [0.1, 0.15) is 34.2 Å². The van der Waals surface area contributed by atoms with Crippen LogP contribution in [0.4, 0.5) is 30.7 Å². The van der Waals surface area contributed by atoms with Crippen molar-refractivity contribution in [2.24, 2.45) is 0 Å². The summed E-state index contributed by atoms with van der Waals surface area (Å²) < 4.78 is 128. The second kappa shape index (κ2) is 11.1. The van der Waals surface area contributed by atoms with Gasteiger partial charge in [-0.15, -0.1) is 0 Å². The van der Waals surface area contributed by atoms with E-state index >= 15 is 0 Å². The van der Waals surface area contributed by atoms with Crippen molar-refractivity contribution in [1.82, 2.24) is 14.9 Å². The molecule has 15 heteroatoms. The molecule has 0 fully saturated rings. The first-order valence-electron chi connectivity index (χ1n) is 11.8. The number of fused-ring (bicyclic) bond motifs is 1. The normalized spacial score (nSPS) is 12.6. The van der Waals surface area contributed by atoms with E-state index in [0.717, 1.165) is 10.1 Å². The molecule has 1 amide bonds. The number of nitrogens with zero attached hydrogens (tertiary/aromatic N) is 2. The minimum atomic E-state index is -5.21. The molecule has 0 bridgehead atoms.